The number of aliphatic hydroxyl groups is 1. The topological polar surface area (TPSA) is 91.2 Å². The SMILES string of the molecule is CC(C)Nc1cc(Cl)ncc1-c1nnc(C(=O)N2CCC(O)C2)s1. The van der Waals surface area contributed by atoms with Gasteiger partial charge in [-0.2, -0.15) is 0 Å². The summed E-state index contributed by atoms with van der Waals surface area (Å²) in [5.74, 6) is -0.199. The summed E-state index contributed by atoms with van der Waals surface area (Å²) in [7, 11) is 0. The van der Waals surface area contributed by atoms with Crippen molar-refractivity contribution in [3.05, 3.63) is 22.4 Å². The number of amides is 1. The number of hydrogen-bond acceptors (Lipinski definition) is 7. The average Bonchev–Trinajstić information content (AvgIpc) is 3.15. The summed E-state index contributed by atoms with van der Waals surface area (Å²) >= 11 is 7.19. The molecule has 0 radical (unpaired) electrons. The number of likely N-dealkylation sites (tertiary alicyclic amines) is 1. The van der Waals surface area contributed by atoms with Crippen molar-refractivity contribution in [3.8, 4) is 10.6 Å². The molecule has 0 spiro atoms. The zero-order valence-electron chi connectivity index (χ0n) is 13.4. The van der Waals surface area contributed by atoms with Crippen molar-refractivity contribution in [1.82, 2.24) is 20.1 Å². The third kappa shape index (κ3) is 3.66. The van der Waals surface area contributed by atoms with Gasteiger partial charge in [0, 0.05) is 31.0 Å². The van der Waals surface area contributed by atoms with Crippen molar-refractivity contribution in [2.45, 2.75) is 32.4 Å². The van der Waals surface area contributed by atoms with Crippen LogP contribution in [0.5, 0.6) is 0 Å². The number of nitrogens with one attached hydrogen (secondary N) is 1. The molecule has 128 valence electrons. The van der Waals surface area contributed by atoms with E-state index < -0.39 is 6.10 Å². The molecule has 0 bridgehead atoms. The molecule has 1 atom stereocenters. The van der Waals surface area contributed by atoms with Crippen LogP contribution in [0.2, 0.25) is 5.15 Å². The van der Waals surface area contributed by atoms with Gasteiger partial charge in [-0.25, -0.2) is 4.98 Å². The summed E-state index contributed by atoms with van der Waals surface area (Å²) in [6.45, 7) is 4.92. The first-order valence-electron chi connectivity index (χ1n) is 7.67. The molecule has 9 heteroatoms. The number of rotatable bonds is 4. The zero-order valence-corrected chi connectivity index (χ0v) is 14.9. The Morgan fingerprint density at radius 2 is 2.29 bits per heavy atom. The lowest BCUT2D eigenvalue weighted by Gasteiger charge is -2.13. The lowest BCUT2D eigenvalue weighted by atomic mass is 10.2. The van der Waals surface area contributed by atoms with Crippen molar-refractivity contribution in [1.29, 1.82) is 0 Å². The molecule has 1 amide bonds. The molecule has 2 aromatic rings. The van der Waals surface area contributed by atoms with E-state index in [0.29, 0.717) is 34.7 Å². The predicted molar refractivity (Wildman–Crippen MR) is 93.4 cm³/mol. The minimum atomic E-state index is -0.455. The number of pyridine rings is 1. The minimum absolute atomic E-state index is 0.199. The van der Waals surface area contributed by atoms with Crippen molar-refractivity contribution in [2.75, 3.05) is 18.4 Å². The molecule has 1 saturated heterocycles. The third-order valence-corrected chi connectivity index (χ3v) is 4.75. The number of aromatic nitrogens is 3. The second-order valence-corrected chi connectivity index (χ2v) is 7.32. The summed E-state index contributed by atoms with van der Waals surface area (Å²) in [6, 6.07) is 1.94. The normalized spacial score (nSPS) is 17.5. The van der Waals surface area contributed by atoms with E-state index in [1.165, 1.54) is 11.3 Å². The summed E-state index contributed by atoms with van der Waals surface area (Å²) in [5, 5.41) is 22.3. The Bertz CT molecular complexity index is 751. The molecule has 0 aromatic carbocycles. The predicted octanol–water partition coefficient (Wildman–Crippen LogP) is 2.28. The molecule has 7 nitrogen and oxygen atoms in total. The van der Waals surface area contributed by atoms with E-state index in [1.807, 2.05) is 13.8 Å². The molecule has 2 aromatic heterocycles. The zero-order chi connectivity index (χ0) is 17.3. The molecule has 1 fully saturated rings. The van der Waals surface area contributed by atoms with E-state index in [0.717, 1.165) is 11.3 Å². The van der Waals surface area contributed by atoms with Gasteiger partial charge in [0.15, 0.2) is 5.01 Å². The van der Waals surface area contributed by atoms with Crippen LogP contribution in [0, 0.1) is 0 Å². The number of β-amino-alcohol motifs (C(OH)–C–C–N with tert-alkyl or cyclic N) is 1. The number of halogens is 1. The first-order chi connectivity index (χ1) is 11.4. The van der Waals surface area contributed by atoms with Crippen LogP contribution in [0.4, 0.5) is 5.69 Å². The van der Waals surface area contributed by atoms with Crippen LogP contribution < -0.4 is 5.32 Å². The summed E-state index contributed by atoms with van der Waals surface area (Å²) in [6.07, 6.45) is 1.77. The highest BCUT2D eigenvalue weighted by Crippen LogP contribution is 2.32. The van der Waals surface area contributed by atoms with Gasteiger partial charge in [-0.15, -0.1) is 10.2 Å². The monoisotopic (exact) mass is 367 g/mol. The molecule has 2 N–H and O–H groups in total. The summed E-state index contributed by atoms with van der Waals surface area (Å²) in [5.41, 5.74) is 1.56. The smallest absolute Gasteiger partial charge is 0.284 e. The van der Waals surface area contributed by atoms with Crippen LogP contribution >= 0.6 is 22.9 Å². The Hall–Kier alpha value is -1.77. The quantitative estimate of drug-likeness (QED) is 0.805. The van der Waals surface area contributed by atoms with Crippen molar-refractivity contribution < 1.29 is 9.90 Å². The van der Waals surface area contributed by atoms with E-state index in [2.05, 4.69) is 20.5 Å². The molecule has 24 heavy (non-hydrogen) atoms. The van der Waals surface area contributed by atoms with Gasteiger partial charge in [0.25, 0.3) is 5.91 Å². The maximum atomic E-state index is 12.4. The van der Waals surface area contributed by atoms with Gasteiger partial charge in [-0.05, 0) is 26.3 Å². The molecular weight excluding hydrogens is 350 g/mol. The standard InChI is InChI=1S/C15H18ClN5O2S/c1-8(2)18-11-5-12(16)17-6-10(11)13-19-20-14(24-13)15(23)21-4-3-9(22)7-21/h5-6,8-9,22H,3-4,7H2,1-2H3,(H,17,18). The number of anilines is 1. The Morgan fingerprint density at radius 1 is 1.50 bits per heavy atom. The minimum Gasteiger partial charge on any atom is -0.391 e. The van der Waals surface area contributed by atoms with E-state index in [1.54, 1.807) is 17.2 Å². The highest BCUT2D eigenvalue weighted by Gasteiger charge is 2.28. The maximum Gasteiger partial charge on any atom is 0.284 e. The molecule has 1 aliphatic rings. The van der Waals surface area contributed by atoms with Gasteiger partial charge in [-0.3, -0.25) is 4.79 Å². The van der Waals surface area contributed by atoms with Crippen LogP contribution in [0.3, 0.4) is 0 Å². The molecule has 0 aliphatic carbocycles. The fourth-order valence-electron chi connectivity index (χ4n) is 2.51. The average molecular weight is 368 g/mol. The van der Waals surface area contributed by atoms with Gasteiger partial charge in [0.1, 0.15) is 5.15 Å². The van der Waals surface area contributed by atoms with E-state index >= 15 is 0 Å². The van der Waals surface area contributed by atoms with Gasteiger partial charge in [0.2, 0.25) is 5.01 Å². The first kappa shape index (κ1) is 17.1. The van der Waals surface area contributed by atoms with Crippen molar-refractivity contribution in [3.63, 3.8) is 0 Å². The molecule has 1 unspecified atom stereocenters. The lowest BCUT2D eigenvalue weighted by molar-refractivity contribution is 0.0763. The summed E-state index contributed by atoms with van der Waals surface area (Å²) < 4.78 is 0. The van der Waals surface area contributed by atoms with Crippen LogP contribution in [0.1, 0.15) is 30.1 Å². The van der Waals surface area contributed by atoms with Gasteiger partial charge < -0.3 is 15.3 Å². The fraction of sp³-hybridized carbons (Fsp3) is 0.467. The van der Waals surface area contributed by atoms with E-state index in [-0.39, 0.29) is 11.9 Å². The Kier molecular flexibility index (Phi) is 4.98. The third-order valence-electron chi connectivity index (χ3n) is 3.60. The van der Waals surface area contributed by atoms with Crippen LogP contribution in [0.25, 0.3) is 10.6 Å². The van der Waals surface area contributed by atoms with Crippen LogP contribution in [-0.4, -0.2) is 56.3 Å². The van der Waals surface area contributed by atoms with Crippen LogP contribution in [-0.2, 0) is 0 Å². The van der Waals surface area contributed by atoms with E-state index in [4.69, 9.17) is 11.6 Å². The Balaban J connectivity index is 1.87. The van der Waals surface area contributed by atoms with Crippen molar-refractivity contribution in [2.24, 2.45) is 0 Å². The molecule has 1 aliphatic heterocycles. The highest BCUT2D eigenvalue weighted by atomic mass is 35.5. The number of carbonyl (C=O) groups is 1. The Morgan fingerprint density at radius 3 is 2.96 bits per heavy atom. The Labute approximate surface area is 148 Å². The lowest BCUT2D eigenvalue weighted by Crippen LogP contribution is -2.29. The molecule has 3 heterocycles. The van der Waals surface area contributed by atoms with Gasteiger partial charge >= 0.3 is 0 Å². The van der Waals surface area contributed by atoms with Crippen molar-refractivity contribution >= 4 is 34.5 Å². The second kappa shape index (κ2) is 7.00. The van der Waals surface area contributed by atoms with Gasteiger partial charge in [0.05, 0.1) is 11.7 Å². The molecule has 0 saturated carbocycles. The van der Waals surface area contributed by atoms with Crippen LogP contribution in [0.15, 0.2) is 12.3 Å². The highest BCUT2D eigenvalue weighted by molar-refractivity contribution is 7.16. The second-order valence-electron chi connectivity index (χ2n) is 5.96. The number of carbonyl (C=O) groups excluding carboxylic acids is 1. The summed E-state index contributed by atoms with van der Waals surface area (Å²) in [4.78, 5) is 18.1. The fourth-order valence-corrected chi connectivity index (χ4v) is 3.50. The van der Waals surface area contributed by atoms with E-state index in [9.17, 15) is 9.90 Å². The maximum absolute atomic E-state index is 12.4. The number of hydrogen-bond donors (Lipinski definition) is 2. The largest absolute Gasteiger partial charge is 0.391 e. The number of aliphatic hydroxyl groups excluding tert-OH is 1. The number of nitrogens with zero attached hydrogens (tertiary/aromatic N) is 4. The molecular formula is C15H18ClN5O2S. The van der Waals surface area contributed by atoms with Gasteiger partial charge in [-0.1, -0.05) is 22.9 Å². The molecule has 3 rings (SSSR count). The first-order valence-corrected chi connectivity index (χ1v) is 8.86.